The molecule has 0 saturated heterocycles. The van der Waals surface area contributed by atoms with Gasteiger partial charge in [0.15, 0.2) is 4.77 Å². The monoisotopic (exact) mass is 338 g/mol. The molecule has 6 heteroatoms. The fraction of sp³-hybridized carbons (Fsp3) is 0.133. The number of aromatic amines is 1. The number of hydrogen-bond acceptors (Lipinski definition) is 2. The van der Waals surface area contributed by atoms with Gasteiger partial charge < -0.3 is 14.3 Å². The molecule has 2 aromatic carbocycles. The number of fused-ring (bicyclic) bond motifs is 1. The Balaban J connectivity index is 2.17. The lowest BCUT2D eigenvalue weighted by Gasteiger charge is -2.11. The van der Waals surface area contributed by atoms with E-state index >= 15 is 0 Å². The van der Waals surface area contributed by atoms with Crippen molar-refractivity contribution in [2.45, 2.75) is 6.54 Å². The molecule has 1 N–H and O–H groups in total. The van der Waals surface area contributed by atoms with Crippen LogP contribution < -0.4 is 4.74 Å². The maximum atomic E-state index is 6.30. The smallest absolute Gasteiger partial charge is 0.178 e. The minimum Gasteiger partial charge on any atom is -0.496 e. The molecule has 0 spiro atoms. The third-order valence-electron chi connectivity index (χ3n) is 3.35. The maximum Gasteiger partial charge on any atom is 0.178 e. The highest BCUT2D eigenvalue weighted by molar-refractivity contribution is 7.71. The first-order valence-electron chi connectivity index (χ1n) is 6.29. The van der Waals surface area contributed by atoms with Gasteiger partial charge >= 0.3 is 0 Å². The summed E-state index contributed by atoms with van der Waals surface area (Å²) in [6, 6.07) is 11.2. The van der Waals surface area contributed by atoms with E-state index < -0.39 is 0 Å². The van der Waals surface area contributed by atoms with E-state index in [-0.39, 0.29) is 0 Å². The number of rotatable bonds is 3. The average Bonchev–Trinajstić information content (AvgIpc) is 2.77. The number of aromatic nitrogens is 2. The van der Waals surface area contributed by atoms with Gasteiger partial charge in [-0.3, -0.25) is 0 Å². The number of benzene rings is 2. The predicted molar refractivity (Wildman–Crippen MR) is 89.2 cm³/mol. The standard InChI is InChI=1S/C15H12Cl2N2OS/c1-20-14-4-2-3-11(17)10(14)8-19-13-7-9(16)5-6-12(13)18-15(19)21/h2-7H,8H2,1H3,(H,18,21). The first-order valence-corrected chi connectivity index (χ1v) is 7.46. The fourth-order valence-electron chi connectivity index (χ4n) is 2.32. The number of imidazole rings is 1. The Bertz CT molecular complexity index is 870. The number of nitrogens with one attached hydrogen (secondary N) is 1. The molecule has 0 amide bonds. The Morgan fingerprint density at radius 3 is 2.81 bits per heavy atom. The van der Waals surface area contributed by atoms with E-state index in [1.54, 1.807) is 7.11 Å². The summed E-state index contributed by atoms with van der Waals surface area (Å²) >= 11 is 17.8. The zero-order valence-electron chi connectivity index (χ0n) is 11.2. The Kier molecular flexibility index (Phi) is 3.93. The molecule has 3 nitrogen and oxygen atoms in total. The summed E-state index contributed by atoms with van der Waals surface area (Å²) in [5.41, 5.74) is 2.77. The van der Waals surface area contributed by atoms with Gasteiger partial charge in [0.05, 0.1) is 24.7 Å². The van der Waals surface area contributed by atoms with E-state index in [2.05, 4.69) is 4.98 Å². The first kappa shape index (κ1) is 14.4. The van der Waals surface area contributed by atoms with Crippen LogP contribution in [-0.2, 0) is 6.54 Å². The van der Waals surface area contributed by atoms with E-state index in [0.29, 0.717) is 21.4 Å². The van der Waals surface area contributed by atoms with E-state index in [9.17, 15) is 0 Å². The molecule has 21 heavy (non-hydrogen) atoms. The predicted octanol–water partition coefficient (Wildman–Crippen LogP) is 5.06. The molecule has 0 aliphatic rings. The van der Waals surface area contributed by atoms with Crippen molar-refractivity contribution >= 4 is 46.5 Å². The number of H-pyrrole nitrogens is 1. The van der Waals surface area contributed by atoms with E-state index in [4.69, 9.17) is 40.2 Å². The zero-order valence-corrected chi connectivity index (χ0v) is 13.5. The number of nitrogens with zero attached hydrogens (tertiary/aromatic N) is 1. The summed E-state index contributed by atoms with van der Waals surface area (Å²) in [5.74, 6) is 0.737. The van der Waals surface area contributed by atoms with Crippen LogP contribution in [0.3, 0.4) is 0 Å². The number of ether oxygens (including phenoxy) is 1. The highest BCUT2D eigenvalue weighted by Crippen LogP contribution is 2.29. The Labute approximate surface area is 137 Å². The topological polar surface area (TPSA) is 29.9 Å². The molecule has 3 aromatic rings. The zero-order chi connectivity index (χ0) is 15.0. The molecule has 0 aliphatic heterocycles. The molecule has 0 bridgehead atoms. The van der Waals surface area contributed by atoms with Gasteiger partial charge in [-0.2, -0.15) is 0 Å². The summed E-state index contributed by atoms with van der Waals surface area (Å²) in [5, 5.41) is 1.31. The van der Waals surface area contributed by atoms with Crippen molar-refractivity contribution in [2.24, 2.45) is 0 Å². The number of methoxy groups -OCH3 is 1. The van der Waals surface area contributed by atoms with Gasteiger partial charge in [-0.05, 0) is 42.5 Å². The molecule has 0 atom stereocenters. The average molecular weight is 339 g/mol. The van der Waals surface area contributed by atoms with Gasteiger partial charge in [0.2, 0.25) is 0 Å². The van der Waals surface area contributed by atoms with Crippen molar-refractivity contribution in [1.29, 1.82) is 0 Å². The summed E-state index contributed by atoms with van der Waals surface area (Å²) in [6.07, 6.45) is 0. The molecule has 0 radical (unpaired) electrons. The van der Waals surface area contributed by atoms with Crippen LogP contribution in [0.1, 0.15) is 5.56 Å². The van der Waals surface area contributed by atoms with Crippen LogP contribution in [0.15, 0.2) is 36.4 Å². The van der Waals surface area contributed by atoms with Gasteiger partial charge in [-0.1, -0.05) is 29.3 Å². The third kappa shape index (κ3) is 2.67. The quantitative estimate of drug-likeness (QED) is 0.676. The van der Waals surface area contributed by atoms with Crippen molar-refractivity contribution in [3.8, 4) is 5.75 Å². The van der Waals surface area contributed by atoms with Crippen molar-refractivity contribution in [1.82, 2.24) is 9.55 Å². The molecule has 1 aromatic heterocycles. The van der Waals surface area contributed by atoms with Crippen molar-refractivity contribution in [2.75, 3.05) is 7.11 Å². The first-order chi connectivity index (χ1) is 10.1. The van der Waals surface area contributed by atoms with Crippen LogP contribution in [0, 0.1) is 4.77 Å². The normalized spacial score (nSPS) is 11.0. The van der Waals surface area contributed by atoms with E-state index in [1.807, 2.05) is 41.0 Å². The molecule has 1 heterocycles. The van der Waals surface area contributed by atoms with Crippen molar-refractivity contribution in [3.05, 3.63) is 56.8 Å². The van der Waals surface area contributed by atoms with Crippen LogP contribution in [0.2, 0.25) is 10.0 Å². The Morgan fingerprint density at radius 2 is 2.05 bits per heavy atom. The molecule has 0 fully saturated rings. The number of halogens is 2. The summed E-state index contributed by atoms with van der Waals surface area (Å²) in [4.78, 5) is 3.17. The second-order valence-corrected chi connectivity index (χ2v) is 5.83. The summed E-state index contributed by atoms with van der Waals surface area (Å²) < 4.78 is 7.96. The lowest BCUT2D eigenvalue weighted by molar-refractivity contribution is 0.408. The second kappa shape index (κ2) is 5.72. The Hall–Kier alpha value is -1.49. The van der Waals surface area contributed by atoms with Crippen molar-refractivity contribution < 1.29 is 4.74 Å². The molecular weight excluding hydrogens is 327 g/mol. The molecule has 0 aliphatic carbocycles. The summed E-state index contributed by atoms with van der Waals surface area (Å²) in [6.45, 7) is 0.516. The Morgan fingerprint density at radius 1 is 1.24 bits per heavy atom. The third-order valence-corrected chi connectivity index (χ3v) is 4.26. The van der Waals surface area contributed by atoms with E-state index in [1.165, 1.54) is 0 Å². The van der Waals surface area contributed by atoms with Crippen LogP contribution in [-0.4, -0.2) is 16.7 Å². The van der Waals surface area contributed by atoms with Gasteiger partial charge in [-0.25, -0.2) is 0 Å². The fourth-order valence-corrected chi connectivity index (χ4v) is 2.99. The second-order valence-electron chi connectivity index (χ2n) is 4.60. The highest BCUT2D eigenvalue weighted by atomic mass is 35.5. The van der Waals surface area contributed by atoms with Crippen LogP contribution in [0.5, 0.6) is 5.75 Å². The lowest BCUT2D eigenvalue weighted by Crippen LogP contribution is -2.02. The van der Waals surface area contributed by atoms with Gasteiger partial charge in [-0.15, -0.1) is 0 Å². The molecule has 3 rings (SSSR count). The van der Waals surface area contributed by atoms with Gasteiger partial charge in [0.1, 0.15) is 5.75 Å². The molecular formula is C15H12Cl2N2OS. The lowest BCUT2D eigenvalue weighted by atomic mass is 10.2. The molecule has 108 valence electrons. The van der Waals surface area contributed by atoms with Crippen LogP contribution >= 0.6 is 35.4 Å². The SMILES string of the molecule is COc1cccc(Cl)c1Cn1c(=S)[nH]c2ccc(Cl)cc21. The maximum absolute atomic E-state index is 6.30. The van der Waals surface area contributed by atoms with Crippen molar-refractivity contribution in [3.63, 3.8) is 0 Å². The summed E-state index contributed by atoms with van der Waals surface area (Å²) in [7, 11) is 1.63. The van der Waals surface area contributed by atoms with Crippen LogP contribution in [0.25, 0.3) is 11.0 Å². The minimum atomic E-state index is 0.516. The highest BCUT2D eigenvalue weighted by Gasteiger charge is 2.12. The molecule has 0 unspecified atom stereocenters. The largest absolute Gasteiger partial charge is 0.496 e. The molecule has 0 saturated carbocycles. The minimum absolute atomic E-state index is 0.516. The van der Waals surface area contributed by atoms with Gasteiger partial charge in [0, 0.05) is 15.6 Å². The number of hydrogen-bond donors (Lipinski definition) is 1. The van der Waals surface area contributed by atoms with E-state index in [0.717, 1.165) is 22.3 Å². The van der Waals surface area contributed by atoms with Crippen LogP contribution in [0.4, 0.5) is 0 Å². The van der Waals surface area contributed by atoms with Gasteiger partial charge in [0.25, 0.3) is 0 Å².